The highest BCUT2D eigenvalue weighted by molar-refractivity contribution is 7.13. The molecule has 0 saturated carbocycles. The van der Waals surface area contributed by atoms with Crippen molar-refractivity contribution in [3.05, 3.63) is 46.7 Å². The first-order valence-corrected chi connectivity index (χ1v) is 9.60. The van der Waals surface area contributed by atoms with Gasteiger partial charge in [0.1, 0.15) is 5.82 Å². The van der Waals surface area contributed by atoms with Crippen molar-refractivity contribution in [1.82, 2.24) is 20.5 Å². The summed E-state index contributed by atoms with van der Waals surface area (Å²) in [5.41, 5.74) is 1.79. The number of benzene rings is 1. The van der Waals surface area contributed by atoms with Crippen molar-refractivity contribution >= 4 is 28.4 Å². The fourth-order valence-electron chi connectivity index (χ4n) is 2.75. The standard InChI is InChI=1S/C18H22FN5O2S/c1-13-12-27-18(22-13)24-8-6-23(7-9-24)16(25)11-21-17(26)20-10-14-2-4-15(19)5-3-14/h2-5,12H,6-11H2,1H3,(H2,20,21,26). The van der Waals surface area contributed by atoms with Gasteiger partial charge in [0.2, 0.25) is 5.91 Å². The number of hydrogen-bond donors (Lipinski definition) is 2. The van der Waals surface area contributed by atoms with Gasteiger partial charge in [-0.2, -0.15) is 0 Å². The molecule has 3 amide bonds. The maximum Gasteiger partial charge on any atom is 0.315 e. The normalized spacial score (nSPS) is 14.1. The first-order valence-electron chi connectivity index (χ1n) is 8.72. The first-order chi connectivity index (χ1) is 13.0. The fourth-order valence-corrected chi connectivity index (χ4v) is 3.61. The molecule has 3 rings (SSSR count). The number of urea groups is 1. The highest BCUT2D eigenvalue weighted by Crippen LogP contribution is 2.21. The van der Waals surface area contributed by atoms with E-state index in [0.717, 1.165) is 29.5 Å². The third-order valence-electron chi connectivity index (χ3n) is 4.28. The molecular formula is C18H22FN5O2S. The quantitative estimate of drug-likeness (QED) is 0.814. The van der Waals surface area contributed by atoms with Crippen LogP contribution in [0.3, 0.4) is 0 Å². The number of aryl methyl sites for hydroxylation is 1. The Hall–Kier alpha value is -2.68. The summed E-state index contributed by atoms with van der Waals surface area (Å²) < 4.78 is 12.8. The molecule has 1 aliphatic heterocycles. The van der Waals surface area contributed by atoms with Crippen LogP contribution in [0, 0.1) is 12.7 Å². The number of amides is 3. The van der Waals surface area contributed by atoms with Gasteiger partial charge in [-0.3, -0.25) is 4.79 Å². The minimum Gasteiger partial charge on any atom is -0.345 e. The molecule has 7 nitrogen and oxygen atoms in total. The Balaban J connectivity index is 1.36. The number of anilines is 1. The Morgan fingerprint density at radius 1 is 1.15 bits per heavy atom. The van der Waals surface area contributed by atoms with E-state index < -0.39 is 6.03 Å². The molecule has 1 fully saturated rings. The molecule has 1 aliphatic rings. The van der Waals surface area contributed by atoms with Gasteiger partial charge in [-0.25, -0.2) is 14.2 Å². The van der Waals surface area contributed by atoms with Crippen molar-refractivity contribution in [3.8, 4) is 0 Å². The van der Waals surface area contributed by atoms with Crippen LogP contribution in [0.15, 0.2) is 29.6 Å². The zero-order valence-electron chi connectivity index (χ0n) is 15.1. The van der Waals surface area contributed by atoms with E-state index in [1.807, 2.05) is 12.3 Å². The molecular weight excluding hydrogens is 369 g/mol. The average molecular weight is 391 g/mol. The lowest BCUT2D eigenvalue weighted by molar-refractivity contribution is -0.130. The van der Waals surface area contributed by atoms with E-state index in [-0.39, 0.29) is 24.8 Å². The summed E-state index contributed by atoms with van der Waals surface area (Å²) in [5, 5.41) is 8.22. The van der Waals surface area contributed by atoms with Crippen molar-refractivity contribution in [2.75, 3.05) is 37.6 Å². The summed E-state index contributed by atoms with van der Waals surface area (Å²) in [6, 6.07) is 5.45. The second-order valence-electron chi connectivity index (χ2n) is 6.30. The number of hydrogen-bond acceptors (Lipinski definition) is 5. The van der Waals surface area contributed by atoms with Gasteiger partial charge in [0.25, 0.3) is 0 Å². The summed E-state index contributed by atoms with van der Waals surface area (Å²) >= 11 is 1.61. The molecule has 0 aliphatic carbocycles. The topological polar surface area (TPSA) is 77.6 Å². The zero-order chi connectivity index (χ0) is 19.2. The van der Waals surface area contributed by atoms with Gasteiger partial charge in [-0.1, -0.05) is 12.1 Å². The number of carbonyl (C=O) groups excluding carboxylic acids is 2. The van der Waals surface area contributed by atoms with Crippen LogP contribution in [0.5, 0.6) is 0 Å². The maximum atomic E-state index is 12.8. The van der Waals surface area contributed by atoms with Gasteiger partial charge in [-0.15, -0.1) is 11.3 Å². The molecule has 0 spiro atoms. The van der Waals surface area contributed by atoms with Crippen LogP contribution >= 0.6 is 11.3 Å². The van der Waals surface area contributed by atoms with Crippen molar-refractivity contribution < 1.29 is 14.0 Å². The fraction of sp³-hybridized carbons (Fsp3) is 0.389. The molecule has 0 radical (unpaired) electrons. The third kappa shape index (κ3) is 5.40. The minimum atomic E-state index is -0.426. The second-order valence-corrected chi connectivity index (χ2v) is 7.14. The molecule has 2 N–H and O–H groups in total. The number of thiazole rings is 1. The van der Waals surface area contributed by atoms with Crippen LogP contribution in [0.25, 0.3) is 0 Å². The van der Waals surface area contributed by atoms with E-state index in [4.69, 9.17) is 0 Å². The largest absolute Gasteiger partial charge is 0.345 e. The minimum absolute atomic E-state index is 0.0500. The highest BCUT2D eigenvalue weighted by atomic mass is 32.1. The Kier molecular flexibility index (Phi) is 6.23. The van der Waals surface area contributed by atoms with Gasteiger partial charge in [0.15, 0.2) is 5.13 Å². The molecule has 1 aromatic carbocycles. The Labute approximate surface area is 161 Å². The van der Waals surface area contributed by atoms with E-state index in [1.54, 1.807) is 28.4 Å². The second kappa shape index (κ2) is 8.81. The average Bonchev–Trinajstić information content (AvgIpc) is 3.12. The predicted molar refractivity (Wildman–Crippen MR) is 102 cm³/mol. The van der Waals surface area contributed by atoms with Gasteiger partial charge in [0.05, 0.1) is 12.2 Å². The van der Waals surface area contributed by atoms with Crippen LogP contribution < -0.4 is 15.5 Å². The Morgan fingerprint density at radius 3 is 2.48 bits per heavy atom. The van der Waals surface area contributed by atoms with Crippen molar-refractivity contribution in [1.29, 1.82) is 0 Å². The van der Waals surface area contributed by atoms with Gasteiger partial charge in [-0.05, 0) is 24.6 Å². The van der Waals surface area contributed by atoms with Crippen LogP contribution in [0.1, 0.15) is 11.3 Å². The maximum absolute atomic E-state index is 12.8. The summed E-state index contributed by atoms with van der Waals surface area (Å²) in [6.45, 7) is 4.86. The van der Waals surface area contributed by atoms with Crippen LogP contribution in [-0.2, 0) is 11.3 Å². The van der Waals surface area contributed by atoms with Gasteiger partial charge < -0.3 is 20.4 Å². The SMILES string of the molecule is Cc1csc(N2CCN(C(=O)CNC(=O)NCc3ccc(F)cc3)CC2)n1. The lowest BCUT2D eigenvalue weighted by atomic mass is 10.2. The van der Waals surface area contributed by atoms with E-state index in [9.17, 15) is 14.0 Å². The third-order valence-corrected chi connectivity index (χ3v) is 5.30. The van der Waals surface area contributed by atoms with E-state index >= 15 is 0 Å². The molecule has 1 aromatic heterocycles. The lowest BCUT2D eigenvalue weighted by Gasteiger charge is -2.34. The monoisotopic (exact) mass is 391 g/mol. The van der Waals surface area contributed by atoms with Gasteiger partial charge in [0, 0.05) is 38.1 Å². The first kappa shape index (κ1) is 19.1. The molecule has 2 heterocycles. The highest BCUT2D eigenvalue weighted by Gasteiger charge is 2.22. The van der Waals surface area contributed by atoms with Crippen molar-refractivity contribution in [2.45, 2.75) is 13.5 Å². The molecule has 9 heteroatoms. The van der Waals surface area contributed by atoms with Crippen molar-refractivity contribution in [2.24, 2.45) is 0 Å². The van der Waals surface area contributed by atoms with Gasteiger partial charge >= 0.3 is 6.03 Å². The molecule has 2 aromatic rings. The summed E-state index contributed by atoms with van der Waals surface area (Å²) in [6.07, 6.45) is 0. The Morgan fingerprint density at radius 2 is 1.85 bits per heavy atom. The Bertz CT molecular complexity index is 787. The predicted octanol–water partition coefficient (Wildman–Crippen LogP) is 1.74. The molecule has 0 unspecified atom stereocenters. The number of rotatable bonds is 5. The van der Waals surface area contributed by atoms with Crippen LogP contribution in [0.4, 0.5) is 14.3 Å². The summed E-state index contributed by atoms with van der Waals surface area (Å²) in [5.74, 6) is -0.430. The lowest BCUT2D eigenvalue weighted by Crippen LogP contribution is -2.52. The molecule has 27 heavy (non-hydrogen) atoms. The van der Waals surface area contributed by atoms with Crippen LogP contribution in [0.2, 0.25) is 0 Å². The number of aromatic nitrogens is 1. The summed E-state index contributed by atoms with van der Waals surface area (Å²) in [7, 11) is 0. The number of nitrogens with one attached hydrogen (secondary N) is 2. The number of carbonyl (C=O) groups is 2. The van der Waals surface area contributed by atoms with E-state index in [1.165, 1.54) is 12.1 Å². The van der Waals surface area contributed by atoms with E-state index in [0.29, 0.717) is 13.1 Å². The molecule has 0 atom stereocenters. The zero-order valence-corrected chi connectivity index (χ0v) is 15.9. The molecule has 144 valence electrons. The van der Waals surface area contributed by atoms with Crippen molar-refractivity contribution in [3.63, 3.8) is 0 Å². The number of piperazine rings is 1. The molecule has 0 bridgehead atoms. The van der Waals surface area contributed by atoms with Crippen LogP contribution in [-0.4, -0.2) is 54.5 Å². The number of halogens is 1. The van der Waals surface area contributed by atoms with E-state index in [2.05, 4.69) is 20.5 Å². The summed E-state index contributed by atoms with van der Waals surface area (Å²) in [4.78, 5) is 32.5. The smallest absolute Gasteiger partial charge is 0.315 e. The molecule has 1 saturated heterocycles. The number of nitrogens with zero attached hydrogens (tertiary/aromatic N) is 3.